The van der Waals surface area contributed by atoms with Crippen LogP contribution in [0.5, 0.6) is 0 Å². The molecule has 3 N–H and O–H groups in total. The highest BCUT2D eigenvalue weighted by atomic mass is 35.5. The lowest BCUT2D eigenvalue weighted by Gasteiger charge is -2.35. The molecule has 0 heterocycles. The van der Waals surface area contributed by atoms with Gasteiger partial charge in [0.25, 0.3) is 23.0 Å². The molecule has 0 bridgehead atoms. The van der Waals surface area contributed by atoms with Crippen LogP contribution in [-0.2, 0) is 12.8 Å². The van der Waals surface area contributed by atoms with Crippen LogP contribution >= 0.6 is 11.6 Å². The summed E-state index contributed by atoms with van der Waals surface area (Å²) < 4.78 is 27.3. The third-order valence-electron chi connectivity index (χ3n) is 8.31. The summed E-state index contributed by atoms with van der Waals surface area (Å²) in [5.74, 6) is 3.54. The quantitative estimate of drug-likeness (QED) is 0.0874. The number of hydrogen-bond acceptors (Lipinski definition) is 5. The maximum Gasteiger partial charge on any atom is 0.272 e. The monoisotopic (exact) mass is 792 g/mol. The van der Waals surface area contributed by atoms with Crippen molar-refractivity contribution >= 4 is 34.6 Å². The lowest BCUT2D eigenvalue weighted by molar-refractivity contribution is 0.0357. The minimum Gasteiger partial charge on any atom is -0.275 e. The van der Waals surface area contributed by atoms with Gasteiger partial charge < -0.3 is 0 Å². The van der Waals surface area contributed by atoms with E-state index in [9.17, 15) is 28.0 Å². The molecule has 0 aromatic heterocycles. The average molecular weight is 793 g/mol. The number of carbonyl (C=O) groups is 4. The number of nitrogens with two attached hydrogens (primary N) is 1. The van der Waals surface area contributed by atoms with Gasteiger partial charge in [0, 0.05) is 11.1 Å². The Hall–Kier alpha value is -4.93. The van der Waals surface area contributed by atoms with E-state index >= 15 is 0 Å². The summed E-state index contributed by atoms with van der Waals surface area (Å²) in [5.41, 5.74) is 8.24. The third-order valence-corrected chi connectivity index (χ3v) is 8.51. The predicted octanol–water partition coefficient (Wildman–Crippen LogP) is 10.4. The van der Waals surface area contributed by atoms with Gasteiger partial charge in [0.2, 0.25) is 0 Å². The molecule has 3 amide bonds. The second-order valence-electron chi connectivity index (χ2n) is 15.5. The van der Waals surface area contributed by atoms with Gasteiger partial charge in [0.1, 0.15) is 11.6 Å². The molecule has 0 spiro atoms. The summed E-state index contributed by atoms with van der Waals surface area (Å²) in [5, 5.41) is 1.79. The van der Waals surface area contributed by atoms with E-state index in [0.717, 1.165) is 39.8 Å². The fourth-order valence-electron chi connectivity index (χ4n) is 5.35. The van der Waals surface area contributed by atoms with Crippen LogP contribution in [0.15, 0.2) is 72.8 Å². The summed E-state index contributed by atoms with van der Waals surface area (Å²) in [7, 11) is 0. The van der Waals surface area contributed by atoms with Crippen molar-refractivity contribution < 1.29 is 28.0 Å². The molecular formula is C45H59ClF2N4O4. The maximum atomic E-state index is 14.3. The summed E-state index contributed by atoms with van der Waals surface area (Å²) in [6.07, 6.45) is 1.42. The van der Waals surface area contributed by atoms with Crippen LogP contribution in [0.2, 0.25) is 0 Å². The van der Waals surface area contributed by atoms with Crippen molar-refractivity contribution in [2.45, 2.75) is 114 Å². The van der Waals surface area contributed by atoms with Crippen molar-refractivity contribution in [3.63, 3.8) is 0 Å². The zero-order valence-corrected chi connectivity index (χ0v) is 34.8. The first-order valence-electron chi connectivity index (χ1n) is 18.1. The molecule has 0 aliphatic rings. The van der Waals surface area contributed by atoms with Gasteiger partial charge in [-0.15, -0.1) is 0 Å². The van der Waals surface area contributed by atoms with E-state index < -0.39 is 28.3 Å². The van der Waals surface area contributed by atoms with Crippen LogP contribution < -0.4 is 11.3 Å². The predicted molar refractivity (Wildman–Crippen MR) is 224 cm³/mol. The highest BCUT2D eigenvalue weighted by molar-refractivity contribution is 6.67. The average Bonchev–Trinajstić information content (AvgIpc) is 3.08. The molecule has 0 aliphatic heterocycles. The lowest BCUT2D eigenvalue weighted by Crippen LogP contribution is -2.56. The summed E-state index contributed by atoms with van der Waals surface area (Å²) in [4.78, 5) is 48.4. The minimum absolute atomic E-state index is 0. The Morgan fingerprint density at radius 2 is 1.00 bits per heavy atom. The number of amides is 3. The van der Waals surface area contributed by atoms with Gasteiger partial charge in [-0.3, -0.25) is 29.6 Å². The topological polar surface area (TPSA) is 113 Å². The first kappa shape index (κ1) is 49.1. The molecule has 0 radical (unpaired) electrons. The maximum absolute atomic E-state index is 14.3. The molecular weight excluding hydrogens is 734 g/mol. The first-order chi connectivity index (χ1) is 25.4. The number of nitrogens with one attached hydrogen (secondary N) is 1. The molecule has 0 fully saturated rings. The van der Waals surface area contributed by atoms with E-state index in [0.29, 0.717) is 17.5 Å². The van der Waals surface area contributed by atoms with Gasteiger partial charge in [-0.05, 0) is 153 Å². The molecule has 0 saturated heterocycles. The van der Waals surface area contributed by atoms with Crippen molar-refractivity contribution in [2.75, 3.05) is 0 Å². The van der Waals surface area contributed by atoms with Crippen molar-refractivity contribution in [2.24, 2.45) is 5.84 Å². The largest absolute Gasteiger partial charge is 0.275 e. The highest BCUT2D eigenvalue weighted by Gasteiger charge is 2.30. The highest BCUT2D eigenvalue weighted by Crippen LogP contribution is 2.20. The molecule has 304 valence electrons. The summed E-state index contributed by atoms with van der Waals surface area (Å²) >= 11 is 5.13. The minimum atomic E-state index is -0.754. The molecule has 4 aromatic rings. The second-order valence-corrected chi connectivity index (χ2v) is 15.8. The van der Waals surface area contributed by atoms with E-state index in [4.69, 9.17) is 17.4 Å². The van der Waals surface area contributed by atoms with E-state index in [2.05, 4.69) is 5.43 Å². The lowest BCUT2D eigenvalue weighted by atomic mass is 10.0. The molecule has 56 heavy (non-hydrogen) atoms. The van der Waals surface area contributed by atoms with Crippen LogP contribution in [0.25, 0.3) is 0 Å². The van der Waals surface area contributed by atoms with E-state index in [1.165, 1.54) is 34.3 Å². The molecule has 8 nitrogen and oxygen atoms in total. The zero-order chi connectivity index (χ0) is 42.0. The number of halogens is 3. The van der Waals surface area contributed by atoms with Crippen LogP contribution in [-0.4, -0.2) is 44.1 Å². The van der Waals surface area contributed by atoms with Crippen molar-refractivity contribution in [1.82, 2.24) is 15.4 Å². The number of rotatable bonds is 6. The first-order valence-corrected chi connectivity index (χ1v) is 18.4. The van der Waals surface area contributed by atoms with Crippen LogP contribution in [0, 0.1) is 39.3 Å². The van der Waals surface area contributed by atoms with Crippen LogP contribution in [0.1, 0.15) is 138 Å². The van der Waals surface area contributed by atoms with Crippen LogP contribution in [0.3, 0.4) is 0 Å². The number of nitrogens with zero attached hydrogens (tertiary/aromatic N) is 2. The van der Waals surface area contributed by atoms with Crippen molar-refractivity contribution in [3.05, 3.63) is 140 Å². The van der Waals surface area contributed by atoms with Gasteiger partial charge in [-0.2, -0.15) is 0 Å². The fourth-order valence-corrected chi connectivity index (χ4v) is 5.51. The van der Waals surface area contributed by atoms with Crippen LogP contribution in [0.4, 0.5) is 8.78 Å². The Morgan fingerprint density at radius 1 is 0.625 bits per heavy atom. The Balaban J connectivity index is 0.000000459. The smallest absolute Gasteiger partial charge is 0.272 e. The molecule has 0 saturated carbocycles. The number of hydrazine groups is 2. The van der Waals surface area contributed by atoms with Gasteiger partial charge >= 0.3 is 0 Å². The normalized spacial score (nSPS) is 10.8. The SMILES string of the molecule is C.CCc1ccc(C(=O)Cl)c(F)c1.CCc1ccc(C(=O)NN(C(=O)c2cc(C)cc(C)c2)C(C)(C)C)c(F)c1.Cc1cc(C)cc(C(=O)N(N)C(C)(C)C)c1. The molecule has 11 heteroatoms. The summed E-state index contributed by atoms with van der Waals surface area (Å²) in [6, 6.07) is 20.2. The summed E-state index contributed by atoms with van der Waals surface area (Å²) in [6.45, 7) is 22.8. The molecule has 4 aromatic carbocycles. The molecule has 0 unspecified atom stereocenters. The molecule has 0 aliphatic carbocycles. The molecule has 4 rings (SSSR count). The van der Waals surface area contributed by atoms with E-state index in [1.807, 2.05) is 107 Å². The van der Waals surface area contributed by atoms with E-state index in [1.54, 1.807) is 24.3 Å². The molecule has 0 atom stereocenters. The Labute approximate surface area is 337 Å². The Morgan fingerprint density at radius 3 is 1.32 bits per heavy atom. The number of benzene rings is 4. The zero-order valence-electron chi connectivity index (χ0n) is 34.1. The fraction of sp³-hybridized carbons (Fsp3) is 0.378. The number of aryl methyl sites for hydroxylation is 6. The van der Waals surface area contributed by atoms with Gasteiger partial charge in [-0.25, -0.2) is 19.6 Å². The van der Waals surface area contributed by atoms with Gasteiger partial charge in [0.05, 0.1) is 22.2 Å². The van der Waals surface area contributed by atoms with E-state index in [-0.39, 0.29) is 35.9 Å². The number of hydrogen-bond donors (Lipinski definition) is 2. The van der Waals surface area contributed by atoms with Gasteiger partial charge in [-0.1, -0.05) is 67.8 Å². The second kappa shape index (κ2) is 20.8. The number of carbonyl (C=O) groups excluding carboxylic acids is 4. The Bertz CT molecular complexity index is 1980. The third kappa shape index (κ3) is 14.3. The standard InChI is InChI=1S/C22H27FN2O2.C13H20N2O.C9H8ClFO.CH4/c1-7-16-8-9-18(19(23)13-16)20(26)24-25(22(4,5)6)21(27)17-11-14(2)10-15(3)12-17;1-9-6-10(2)8-11(7-9)12(16)15(14)13(3,4)5;1-2-6-3-4-7(9(10)12)8(11)5-6;/h8-13H,7H2,1-6H3,(H,24,26);6-8H,14H2,1-5H3;3-5H,2H2,1H3;1H4. The van der Waals surface area contributed by atoms with Gasteiger partial charge in [0.15, 0.2) is 0 Å². The van der Waals surface area contributed by atoms with Crippen molar-refractivity contribution in [3.8, 4) is 0 Å². The van der Waals surface area contributed by atoms with Crippen molar-refractivity contribution in [1.29, 1.82) is 0 Å². The Kier molecular flexibility index (Phi) is 18.3.